The maximum Gasteiger partial charge on any atom is 0.0438 e. The number of nitrogens with zero attached hydrogens (tertiary/aromatic N) is 2. The van der Waals surface area contributed by atoms with Crippen molar-refractivity contribution in [3.8, 4) is 22.3 Å². The molecule has 0 bridgehead atoms. The lowest BCUT2D eigenvalue weighted by Crippen LogP contribution is -2.38. The van der Waals surface area contributed by atoms with Gasteiger partial charge in [0, 0.05) is 36.5 Å². The predicted octanol–water partition coefficient (Wildman–Crippen LogP) is 9.91. The van der Waals surface area contributed by atoms with Crippen LogP contribution in [-0.2, 0) is 0 Å². The molecule has 6 aromatic rings. The fourth-order valence-electron chi connectivity index (χ4n) is 5.52. The smallest absolute Gasteiger partial charge is 0.0438 e. The Morgan fingerprint density at radius 2 is 0.786 bits per heavy atom. The summed E-state index contributed by atoms with van der Waals surface area (Å²) in [4.78, 5) is 5.37. The molecule has 2 nitrogen and oxygen atoms in total. The lowest BCUT2D eigenvalue weighted by atomic mass is 10.1. The van der Waals surface area contributed by atoms with Crippen molar-refractivity contribution in [2.24, 2.45) is 0 Å². The number of thiophene rings is 2. The molecule has 7 rings (SSSR count). The molecule has 0 saturated carbocycles. The van der Waals surface area contributed by atoms with Gasteiger partial charge in [0.15, 0.2) is 0 Å². The summed E-state index contributed by atoms with van der Waals surface area (Å²) in [6.45, 7) is 0. The minimum atomic E-state index is -0.446. The highest BCUT2D eigenvalue weighted by molar-refractivity contribution is 7.67. The molecule has 1 fully saturated rings. The molecule has 0 spiro atoms. The summed E-state index contributed by atoms with van der Waals surface area (Å²) in [7, 11) is -0.893. The zero-order valence-electron chi connectivity index (χ0n) is 23.3. The van der Waals surface area contributed by atoms with E-state index in [0.29, 0.717) is 0 Å². The van der Waals surface area contributed by atoms with Gasteiger partial charge in [0.1, 0.15) is 0 Å². The van der Waals surface area contributed by atoms with Crippen LogP contribution in [0.2, 0.25) is 0 Å². The van der Waals surface area contributed by atoms with Gasteiger partial charge >= 0.3 is 0 Å². The van der Waals surface area contributed by atoms with Gasteiger partial charge in [-0.1, -0.05) is 84.9 Å². The van der Waals surface area contributed by atoms with E-state index >= 15 is 0 Å². The van der Waals surface area contributed by atoms with Crippen LogP contribution in [0.25, 0.3) is 22.3 Å². The van der Waals surface area contributed by atoms with Gasteiger partial charge in [-0.25, -0.2) is 0 Å². The van der Waals surface area contributed by atoms with E-state index in [1.54, 1.807) is 22.7 Å². The Kier molecular flexibility index (Phi) is 8.49. The zero-order valence-corrected chi connectivity index (χ0v) is 26.7. The average Bonchev–Trinajstić information content (AvgIpc) is 3.78. The molecule has 4 aromatic carbocycles. The predicted molar refractivity (Wildman–Crippen MR) is 190 cm³/mol. The summed E-state index contributed by atoms with van der Waals surface area (Å²) >= 11 is 3.51. The minimum Gasteiger partial charge on any atom is -0.363 e. The Bertz CT molecular complexity index is 1530. The molecule has 208 valence electrons. The summed E-state index contributed by atoms with van der Waals surface area (Å²) in [5, 5.41) is 11.7. The van der Waals surface area contributed by atoms with Gasteiger partial charge in [-0.05, 0) is 107 Å². The Labute approximate surface area is 259 Å². The normalized spacial score (nSPS) is 17.5. The third kappa shape index (κ3) is 6.24. The van der Waals surface area contributed by atoms with Gasteiger partial charge in [-0.2, -0.15) is 22.7 Å². The molecule has 0 unspecified atom stereocenters. The van der Waals surface area contributed by atoms with Crippen LogP contribution in [0.4, 0.5) is 11.4 Å². The van der Waals surface area contributed by atoms with Gasteiger partial charge in [-0.3, -0.25) is 0 Å². The van der Waals surface area contributed by atoms with E-state index in [2.05, 4.69) is 153 Å². The number of anilines is 2. The first-order chi connectivity index (χ1) is 20.8. The highest BCUT2D eigenvalue weighted by atomic mass is 32.1. The molecule has 1 aliphatic heterocycles. The molecule has 42 heavy (non-hydrogen) atoms. The van der Waals surface area contributed by atoms with E-state index in [1.165, 1.54) is 44.2 Å². The second-order valence-electron chi connectivity index (χ2n) is 10.5. The van der Waals surface area contributed by atoms with E-state index in [9.17, 15) is 0 Å². The van der Waals surface area contributed by atoms with Crippen LogP contribution < -0.4 is 20.4 Å². The molecule has 0 amide bonds. The van der Waals surface area contributed by atoms with Crippen molar-refractivity contribution >= 4 is 60.5 Å². The molecule has 1 saturated heterocycles. The summed E-state index contributed by atoms with van der Waals surface area (Å²) < 4.78 is 0. The van der Waals surface area contributed by atoms with Crippen LogP contribution >= 0.6 is 38.5 Å². The number of hydrogen-bond donors (Lipinski definition) is 0. The highest BCUT2D eigenvalue weighted by Gasteiger charge is 2.28. The maximum atomic E-state index is 2.69. The van der Waals surface area contributed by atoms with E-state index in [4.69, 9.17) is 0 Å². The number of benzene rings is 4. The molecule has 0 radical (unpaired) electrons. The molecule has 0 aliphatic carbocycles. The zero-order chi connectivity index (χ0) is 28.1. The maximum absolute atomic E-state index is 2.69. The summed E-state index contributed by atoms with van der Waals surface area (Å²) in [6, 6.07) is 45.4. The Balaban J connectivity index is 1.24. The number of rotatable bonds is 6. The molecule has 2 aromatic heterocycles. The van der Waals surface area contributed by atoms with E-state index < -0.39 is 15.8 Å². The monoisotopic (exact) mass is 618 g/mol. The van der Waals surface area contributed by atoms with Crippen molar-refractivity contribution in [2.45, 2.75) is 0 Å². The first-order valence-electron chi connectivity index (χ1n) is 14.2. The van der Waals surface area contributed by atoms with Crippen LogP contribution in [0.1, 0.15) is 0 Å². The van der Waals surface area contributed by atoms with Crippen LogP contribution in [0.3, 0.4) is 0 Å². The van der Waals surface area contributed by atoms with Crippen molar-refractivity contribution in [3.63, 3.8) is 0 Å². The van der Waals surface area contributed by atoms with Crippen LogP contribution in [0.15, 0.2) is 143 Å². The van der Waals surface area contributed by atoms with E-state index in [-0.39, 0.29) is 0 Å². The first kappa shape index (κ1) is 27.6. The molecule has 6 heteroatoms. The molecular weight excluding hydrogens is 586 g/mol. The van der Waals surface area contributed by atoms with Gasteiger partial charge in [0.05, 0.1) is 0 Å². The third-order valence-corrected chi connectivity index (χ3v) is 13.9. The van der Waals surface area contributed by atoms with Crippen LogP contribution in [-0.4, -0.2) is 25.1 Å². The minimum absolute atomic E-state index is 0.446. The fraction of sp³-hybridized carbons (Fsp3) is 0.111. The Morgan fingerprint density at radius 1 is 0.405 bits per heavy atom. The first-order valence-corrected chi connectivity index (χ1v) is 19.5. The number of hydrogen-bond acceptors (Lipinski definition) is 4. The molecule has 0 atom stereocenters. The largest absolute Gasteiger partial charge is 0.363 e. The van der Waals surface area contributed by atoms with Crippen LogP contribution in [0.5, 0.6) is 0 Å². The lowest BCUT2D eigenvalue weighted by Gasteiger charge is -2.41. The van der Waals surface area contributed by atoms with Crippen molar-refractivity contribution in [1.82, 2.24) is 0 Å². The summed E-state index contributed by atoms with van der Waals surface area (Å²) in [5.41, 5.74) is 7.85. The second kappa shape index (κ2) is 12.9. The molecular formula is C36H32N2P2S2. The lowest BCUT2D eigenvalue weighted by molar-refractivity contribution is 0.985. The quantitative estimate of drug-likeness (QED) is 0.172. The Morgan fingerprint density at radius 3 is 1.12 bits per heavy atom. The van der Waals surface area contributed by atoms with Crippen molar-refractivity contribution in [1.29, 1.82) is 0 Å². The topological polar surface area (TPSA) is 6.48 Å². The van der Waals surface area contributed by atoms with Crippen LogP contribution in [0, 0.1) is 0 Å². The van der Waals surface area contributed by atoms with Gasteiger partial charge in [0.25, 0.3) is 0 Å². The molecule has 0 N–H and O–H groups in total. The standard InChI is InChI=1S/C36H32N2P2S2/c1-3-7-35(8-4-1)39-25-37(33-15-11-29(12-16-33)31-19-21-41-23-31)27-40(36-9-5-2-6-10-36)28-38(26-39)34-17-13-30(14-18-34)32-20-22-42-24-32/h1-24H,25-28H2. The van der Waals surface area contributed by atoms with E-state index in [0.717, 1.165) is 25.1 Å². The van der Waals surface area contributed by atoms with Gasteiger partial charge < -0.3 is 9.80 Å². The highest BCUT2D eigenvalue weighted by Crippen LogP contribution is 2.48. The van der Waals surface area contributed by atoms with E-state index in [1.807, 2.05) is 0 Å². The molecule has 1 aliphatic rings. The molecule has 3 heterocycles. The fourth-order valence-corrected chi connectivity index (χ4v) is 11.9. The second-order valence-corrected chi connectivity index (χ2v) is 16.4. The summed E-state index contributed by atoms with van der Waals surface area (Å²) in [5.74, 6) is 0. The van der Waals surface area contributed by atoms with Gasteiger partial charge in [0.2, 0.25) is 0 Å². The third-order valence-electron chi connectivity index (χ3n) is 7.78. The van der Waals surface area contributed by atoms with Crippen molar-refractivity contribution < 1.29 is 0 Å². The van der Waals surface area contributed by atoms with Gasteiger partial charge in [-0.15, -0.1) is 0 Å². The Hall–Kier alpha value is -3.26. The average molecular weight is 619 g/mol. The summed E-state index contributed by atoms with van der Waals surface area (Å²) in [6.07, 6.45) is 4.19. The van der Waals surface area contributed by atoms with Crippen molar-refractivity contribution in [3.05, 3.63) is 143 Å². The SMILES string of the molecule is c1ccc(P2CN(c3ccc(-c4ccsc4)cc3)CP(c3ccccc3)CN(c3ccc(-c4ccsc4)cc3)C2)cc1. The van der Waals surface area contributed by atoms with Crippen molar-refractivity contribution in [2.75, 3.05) is 34.9 Å².